The first-order chi connectivity index (χ1) is 9.73. The molecule has 0 aromatic heterocycles. The molecule has 0 amide bonds. The predicted molar refractivity (Wildman–Crippen MR) is 83.7 cm³/mol. The average Bonchev–Trinajstić information content (AvgIpc) is 2.37. The van der Waals surface area contributed by atoms with Crippen LogP contribution in [-0.4, -0.2) is 19.6 Å². The number of benzene rings is 1. The van der Waals surface area contributed by atoms with E-state index in [0.717, 1.165) is 25.7 Å². The van der Waals surface area contributed by atoms with Crippen molar-refractivity contribution in [3.05, 3.63) is 28.8 Å². The Labute approximate surface area is 131 Å². The van der Waals surface area contributed by atoms with E-state index in [1.54, 1.807) is 0 Å². The minimum Gasteiger partial charge on any atom is -0.392 e. The van der Waals surface area contributed by atoms with E-state index in [-0.39, 0.29) is 23.0 Å². The van der Waals surface area contributed by atoms with Crippen LogP contribution < -0.4 is 4.72 Å². The molecule has 0 radical (unpaired) electrons. The third kappa shape index (κ3) is 4.19. The number of hydrogen-bond donors (Lipinski definition) is 2. The van der Waals surface area contributed by atoms with E-state index in [4.69, 9.17) is 11.6 Å². The standard InChI is InChI=1S/C15H22ClNO3S/c1-15(2)7-3-4-12(9-15)17-21(19,20)13-5-6-14(16)11(8-13)10-18/h5-6,8,12,17-18H,3-4,7,9-10H2,1-2H3. The first kappa shape index (κ1) is 16.7. The highest BCUT2D eigenvalue weighted by atomic mass is 35.5. The summed E-state index contributed by atoms with van der Waals surface area (Å²) >= 11 is 5.90. The lowest BCUT2D eigenvalue weighted by Crippen LogP contribution is -2.40. The van der Waals surface area contributed by atoms with Gasteiger partial charge in [-0.25, -0.2) is 13.1 Å². The zero-order chi connectivity index (χ0) is 15.7. The smallest absolute Gasteiger partial charge is 0.240 e. The zero-order valence-electron chi connectivity index (χ0n) is 12.4. The van der Waals surface area contributed by atoms with Gasteiger partial charge in [-0.15, -0.1) is 0 Å². The van der Waals surface area contributed by atoms with Gasteiger partial charge in [0.15, 0.2) is 0 Å². The van der Waals surface area contributed by atoms with Crippen molar-refractivity contribution in [2.24, 2.45) is 5.41 Å². The minimum atomic E-state index is -3.58. The number of rotatable bonds is 4. The van der Waals surface area contributed by atoms with Crippen molar-refractivity contribution in [3.8, 4) is 0 Å². The Morgan fingerprint density at radius 3 is 2.76 bits per heavy atom. The summed E-state index contributed by atoms with van der Waals surface area (Å²) in [4.78, 5) is 0.152. The van der Waals surface area contributed by atoms with Gasteiger partial charge in [-0.05, 0) is 48.4 Å². The molecule has 1 atom stereocenters. The molecule has 0 saturated heterocycles. The molecule has 4 nitrogen and oxygen atoms in total. The Morgan fingerprint density at radius 2 is 2.14 bits per heavy atom. The first-order valence-electron chi connectivity index (χ1n) is 7.15. The molecule has 21 heavy (non-hydrogen) atoms. The maximum absolute atomic E-state index is 12.5. The van der Waals surface area contributed by atoms with Gasteiger partial charge in [0.25, 0.3) is 0 Å². The van der Waals surface area contributed by atoms with Gasteiger partial charge in [-0.1, -0.05) is 31.9 Å². The van der Waals surface area contributed by atoms with Gasteiger partial charge in [0.05, 0.1) is 11.5 Å². The zero-order valence-corrected chi connectivity index (χ0v) is 14.0. The SMILES string of the molecule is CC1(C)CCCC(NS(=O)(=O)c2ccc(Cl)c(CO)c2)C1. The minimum absolute atomic E-state index is 0.0352. The third-order valence-corrected chi connectivity index (χ3v) is 5.91. The molecule has 2 N–H and O–H groups in total. The Hall–Kier alpha value is -0.620. The fraction of sp³-hybridized carbons (Fsp3) is 0.600. The van der Waals surface area contributed by atoms with E-state index in [2.05, 4.69) is 18.6 Å². The van der Waals surface area contributed by atoms with E-state index in [9.17, 15) is 13.5 Å². The first-order valence-corrected chi connectivity index (χ1v) is 9.01. The molecular weight excluding hydrogens is 310 g/mol. The highest BCUT2D eigenvalue weighted by Gasteiger charge is 2.30. The summed E-state index contributed by atoms with van der Waals surface area (Å²) in [7, 11) is -3.58. The molecular formula is C15H22ClNO3S. The van der Waals surface area contributed by atoms with Gasteiger partial charge in [0.2, 0.25) is 10.0 Å². The summed E-state index contributed by atoms with van der Waals surface area (Å²) in [5.74, 6) is 0. The monoisotopic (exact) mass is 331 g/mol. The van der Waals surface area contributed by atoms with Crippen molar-refractivity contribution in [2.45, 2.75) is 57.1 Å². The summed E-state index contributed by atoms with van der Waals surface area (Å²) in [6.45, 7) is 4.05. The molecule has 2 rings (SSSR count). The van der Waals surface area contributed by atoms with Crippen molar-refractivity contribution in [2.75, 3.05) is 0 Å². The number of nitrogens with one attached hydrogen (secondary N) is 1. The second-order valence-electron chi connectivity index (χ2n) is 6.49. The van der Waals surface area contributed by atoms with Crippen LogP contribution in [0.25, 0.3) is 0 Å². The average molecular weight is 332 g/mol. The molecule has 1 aliphatic rings. The van der Waals surface area contributed by atoms with Crippen LogP contribution in [0.15, 0.2) is 23.1 Å². The summed E-state index contributed by atoms with van der Waals surface area (Å²) in [6.07, 6.45) is 3.86. The summed E-state index contributed by atoms with van der Waals surface area (Å²) < 4.78 is 27.7. The lowest BCUT2D eigenvalue weighted by Gasteiger charge is -2.35. The number of halogens is 1. The van der Waals surface area contributed by atoms with Crippen LogP contribution in [0.1, 0.15) is 45.1 Å². The lowest BCUT2D eigenvalue weighted by molar-refractivity contribution is 0.212. The Morgan fingerprint density at radius 1 is 1.43 bits per heavy atom. The summed E-state index contributed by atoms with van der Waals surface area (Å²) in [5, 5.41) is 9.57. The summed E-state index contributed by atoms with van der Waals surface area (Å²) in [6, 6.07) is 4.37. The van der Waals surface area contributed by atoms with Crippen LogP contribution in [0.3, 0.4) is 0 Å². The third-order valence-electron chi connectivity index (χ3n) is 4.02. The second kappa shape index (κ2) is 6.24. The van der Waals surface area contributed by atoms with Gasteiger partial charge in [-0.2, -0.15) is 0 Å². The van der Waals surface area contributed by atoms with Crippen molar-refractivity contribution in [1.29, 1.82) is 0 Å². The molecule has 0 heterocycles. The van der Waals surface area contributed by atoms with E-state index >= 15 is 0 Å². The molecule has 1 aliphatic carbocycles. The number of aliphatic hydroxyl groups is 1. The fourth-order valence-electron chi connectivity index (χ4n) is 2.93. The topological polar surface area (TPSA) is 66.4 Å². The fourth-order valence-corrected chi connectivity index (χ4v) is 4.42. The second-order valence-corrected chi connectivity index (χ2v) is 8.61. The lowest BCUT2D eigenvalue weighted by atomic mass is 9.75. The maximum atomic E-state index is 12.5. The van der Waals surface area contributed by atoms with Crippen molar-refractivity contribution < 1.29 is 13.5 Å². The highest BCUT2D eigenvalue weighted by molar-refractivity contribution is 7.89. The van der Waals surface area contributed by atoms with E-state index < -0.39 is 10.0 Å². The summed E-state index contributed by atoms with van der Waals surface area (Å²) in [5.41, 5.74) is 0.588. The molecule has 1 saturated carbocycles. The number of hydrogen-bond acceptors (Lipinski definition) is 3. The normalized spacial score (nSPS) is 22.2. The number of aliphatic hydroxyl groups excluding tert-OH is 1. The van der Waals surface area contributed by atoms with E-state index in [1.807, 2.05) is 0 Å². The molecule has 0 spiro atoms. The van der Waals surface area contributed by atoms with Crippen LogP contribution in [0.5, 0.6) is 0 Å². The molecule has 1 aromatic carbocycles. The van der Waals surface area contributed by atoms with Crippen LogP contribution >= 0.6 is 11.6 Å². The molecule has 118 valence electrons. The predicted octanol–water partition coefficient (Wildman–Crippen LogP) is 3.08. The van der Waals surface area contributed by atoms with Crippen LogP contribution in [0.2, 0.25) is 5.02 Å². The Kier molecular flexibility index (Phi) is 4.98. The molecule has 1 fully saturated rings. The Balaban J connectivity index is 2.18. The van der Waals surface area contributed by atoms with E-state index in [0.29, 0.717) is 10.6 Å². The van der Waals surface area contributed by atoms with E-state index in [1.165, 1.54) is 18.2 Å². The van der Waals surface area contributed by atoms with Crippen LogP contribution in [-0.2, 0) is 16.6 Å². The van der Waals surface area contributed by atoms with Gasteiger partial charge >= 0.3 is 0 Å². The van der Waals surface area contributed by atoms with Crippen LogP contribution in [0, 0.1) is 5.41 Å². The van der Waals surface area contributed by atoms with Crippen molar-refractivity contribution in [3.63, 3.8) is 0 Å². The molecule has 0 bridgehead atoms. The van der Waals surface area contributed by atoms with Crippen molar-refractivity contribution >= 4 is 21.6 Å². The Bertz CT molecular complexity index is 613. The molecule has 6 heteroatoms. The molecule has 1 aromatic rings. The van der Waals surface area contributed by atoms with Gasteiger partial charge < -0.3 is 5.11 Å². The maximum Gasteiger partial charge on any atom is 0.240 e. The van der Waals surface area contributed by atoms with Crippen molar-refractivity contribution in [1.82, 2.24) is 4.72 Å². The number of sulfonamides is 1. The molecule has 1 unspecified atom stereocenters. The van der Waals surface area contributed by atoms with Gasteiger partial charge in [0.1, 0.15) is 0 Å². The largest absolute Gasteiger partial charge is 0.392 e. The quantitative estimate of drug-likeness (QED) is 0.891. The van der Waals surface area contributed by atoms with Crippen LogP contribution in [0.4, 0.5) is 0 Å². The van der Waals surface area contributed by atoms with Gasteiger partial charge in [-0.3, -0.25) is 0 Å². The van der Waals surface area contributed by atoms with Gasteiger partial charge in [0, 0.05) is 11.1 Å². The molecule has 0 aliphatic heterocycles. The highest BCUT2D eigenvalue weighted by Crippen LogP contribution is 2.35.